The number of hydrogen-bond donors (Lipinski definition) is 1. The summed E-state index contributed by atoms with van der Waals surface area (Å²) in [5, 5.41) is 3.39. The Morgan fingerprint density at radius 1 is 1.40 bits per heavy atom. The maximum absolute atomic E-state index is 5.64. The van der Waals surface area contributed by atoms with Crippen molar-refractivity contribution >= 4 is 11.6 Å². The second-order valence-electron chi connectivity index (χ2n) is 5.03. The summed E-state index contributed by atoms with van der Waals surface area (Å²) < 4.78 is 11.1. The Kier molecular flexibility index (Phi) is 4.18. The van der Waals surface area contributed by atoms with E-state index in [1.807, 2.05) is 7.05 Å². The van der Waals surface area contributed by atoms with Gasteiger partial charge in [0.15, 0.2) is 5.96 Å². The standard InChI is InChI=1S/C15H21N3O2/c1-16-15(17-10-13-11-19-8-9-20-13)18-7-6-12-4-2-3-5-14(12)18/h2-5,13H,6-11H2,1H3,(H,16,17). The molecule has 2 aliphatic heterocycles. The van der Waals surface area contributed by atoms with Crippen LogP contribution < -0.4 is 10.2 Å². The fourth-order valence-corrected chi connectivity index (χ4v) is 2.71. The number of benzene rings is 1. The molecule has 1 saturated heterocycles. The van der Waals surface area contributed by atoms with Gasteiger partial charge in [-0.25, -0.2) is 0 Å². The molecule has 1 atom stereocenters. The topological polar surface area (TPSA) is 46.1 Å². The van der Waals surface area contributed by atoms with Crippen LogP contribution in [0.5, 0.6) is 0 Å². The van der Waals surface area contributed by atoms with Gasteiger partial charge < -0.3 is 19.7 Å². The first-order chi connectivity index (χ1) is 9.88. The lowest BCUT2D eigenvalue weighted by Gasteiger charge is -2.27. The number of anilines is 1. The van der Waals surface area contributed by atoms with E-state index >= 15 is 0 Å². The fourth-order valence-electron chi connectivity index (χ4n) is 2.71. The Hall–Kier alpha value is -1.59. The molecular formula is C15H21N3O2. The third kappa shape index (κ3) is 2.78. The van der Waals surface area contributed by atoms with E-state index in [1.54, 1.807) is 0 Å². The molecule has 1 fully saturated rings. The van der Waals surface area contributed by atoms with Crippen LogP contribution in [0.15, 0.2) is 29.3 Å². The minimum absolute atomic E-state index is 0.110. The molecule has 108 valence electrons. The number of hydrogen-bond acceptors (Lipinski definition) is 3. The Morgan fingerprint density at radius 2 is 2.30 bits per heavy atom. The molecule has 5 heteroatoms. The largest absolute Gasteiger partial charge is 0.376 e. The predicted molar refractivity (Wildman–Crippen MR) is 79.4 cm³/mol. The number of nitrogens with zero attached hydrogens (tertiary/aromatic N) is 2. The van der Waals surface area contributed by atoms with Crippen LogP contribution >= 0.6 is 0 Å². The number of para-hydroxylation sites is 1. The van der Waals surface area contributed by atoms with Crippen LogP contribution in [-0.2, 0) is 15.9 Å². The predicted octanol–water partition coefficient (Wildman–Crippen LogP) is 1.04. The molecule has 0 aliphatic carbocycles. The van der Waals surface area contributed by atoms with Crippen LogP contribution in [0.4, 0.5) is 5.69 Å². The highest BCUT2D eigenvalue weighted by Gasteiger charge is 2.23. The maximum atomic E-state index is 5.64. The van der Waals surface area contributed by atoms with Gasteiger partial charge in [0.05, 0.1) is 25.9 Å². The highest BCUT2D eigenvalue weighted by molar-refractivity contribution is 5.97. The van der Waals surface area contributed by atoms with Crippen molar-refractivity contribution in [2.24, 2.45) is 4.99 Å². The van der Waals surface area contributed by atoms with Crippen molar-refractivity contribution in [3.8, 4) is 0 Å². The SMILES string of the molecule is CN=C(NCC1COCCO1)N1CCc2ccccc21. The second-order valence-corrected chi connectivity index (χ2v) is 5.03. The molecule has 0 spiro atoms. The van der Waals surface area contributed by atoms with Crippen LogP contribution in [0.3, 0.4) is 0 Å². The van der Waals surface area contributed by atoms with Crippen LogP contribution in [0.2, 0.25) is 0 Å². The smallest absolute Gasteiger partial charge is 0.198 e. The zero-order chi connectivity index (χ0) is 13.8. The number of nitrogens with one attached hydrogen (secondary N) is 1. The molecule has 1 aromatic rings. The van der Waals surface area contributed by atoms with Gasteiger partial charge in [-0.1, -0.05) is 18.2 Å². The number of rotatable bonds is 2. The van der Waals surface area contributed by atoms with Crippen LogP contribution in [-0.4, -0.2) is 52.0 Å². The van der Waals surface area contributed by atoms with Gasteiger partial charge >= 0.3 is 0 Å². The summed E-state index contributed by atoms with van der Waals surface area (Å²) in [6.07, 6.45) is 1.18. The fraction of sp³-hybridized carbons (Fsp3) is 0.533. The van der Waals surface area contributed by atoms with Crippen LogP contribution in [0, 0.1) is 0 Å². The van der Waals surface area contributed by atoms with Crippen LogP contribution in [0.1, 0.15) is 5.56 Å². The molecule has 1 N–H and O–H groups in total. The Labute approximate surface area is 119 Å². The van der Waals surface area contributed by atoms with E-state index in [0.29, 0.717) is 19.8 Å². The van der Waals surface area contributed by atoms with Crippen molar-refractivity contribution in [2.75, 3.05) is 44.9 Å². The Balaban J connectivity index is 1.63. The van der Waals surface area contributed by atoms with E-state index in [2.05, 4.69) is 39.5 Å². The molecule has 5 nitrogen and oxygen atoms in total. The molecule has 1 unspecified atom stereocenters. The van der Waals surface area contributed by atoms with Gasteiger partial charge in [0.2, 0.25) is 0 Å². The highest BCUT2D eigenvalue weighted by atomic mass is 16.6. The van der Waals surface area contributed by atoms with Gasteiger partial charge in [0.1, 0.15) is 0 Å². The normalized spacial score (nSPS) is 22.8. The van der Waals surface area contributed by atoms with E-state index in [9.17, 15) is 0 Å². The summed E-state index contributed by atoms with van der Waals surface area (Å²) in [6, 6.07) is 8.49. The van der Waals surface area contributed by atoms with Gasteiger partial charge in [-0.15, -0.1) is 0 Å². The summed E-state index contributed by atoms with van der Waals surface area (Å²) in [6.45, 7) is 3.73. The van der Waals surface area contributed by atoms with Gasteiger partial charge in [-0.05, 0) is 18.1 Å². The lowest BCUT2D eigenvalue weighted by molar-refractivity contribution is -0.0850. The Morgan fingerprint density at radius 3 is 3.10 bits per heavy atom. The summed E-state index contributed by atoms with van der Waals surface area (Å²) in [5.74, 6) is 0.907. The average Bonchev–Trinajstić information content (AvgIpc) is 2.93. The van der Waals surface area contributed by atoms with Crippen molar-refractivity contribution in [1.29, 1.82) is 0 Å². The average molecular weight is 275 g/mol. The monoisotopic (exact) mass is 275 g/mol. The number of fused-ring (bicyclic) bond motifs is 1. The van der Waals surface area contributed by atoms with Crippen LogP contribution in [0.25, 0.3) is 0 Å². The van der Waals surface area contributed by atoms with Gasteiger partial charge in [-0.2, -0.15) is 0 Å². The molecule has 0 saturated carbocycles. The van der Waals surface area contributed by atoms with E-state index in [0.717, 1.165) is 25.5 Å². The molecule has 1 aromatic carbocycles. The molecule has 0 amide bonds. The lowest BCUT2D eigenvalue weighted by Crippen LogP contribution is -2.46. The maximum Gasteiger partial charge on any atom is 0.198 e. The third-order valence-electron chi connectivity index (χ3n) is 3.73. The van der Waals surface area contributed by atoms with Crippen molar-refractivity contribution in [3.05, 3.63) is 29.8 Å². The molecule has 3 rings (SSSR count). The number of aliphatic imine (C=N–C) groups is 1. The summed E-state index contributed by atoms with van der Waals surface area (Å²) in [7, 11) is 1.82. The second kappa shape index (κ2) is 6.24. The zero-order valence-electron chi connectivity index (χ0n) is 11.8. The van der Waals surface area contributed by atoms with Crippen molar-refractivity contribution in [2.45, 2.75) is 12.5 Å². The lowest BCUT2D eigenvalue weighted by atomic mass is 10.2. The summed E-state index contributed by atoms with van der Waals surface area (Å²) >= 11 is 0. The summed E-state index contributed by atoms with van der Waals surface area (Å²) in [4.78, 5) is 6.62. The first-order valence-electron chi connectivity index (χ1n) is 7.14. The van der Waals surface area contributed by atoms with E-state index < -0.39 is 0 Å². The first-order valence-corrected chi connectivity index (χ1v) is 7.14. The van der Waals surface area contributed by atoms with E-state index in [1.165, 1.54) is 11.3 Å². The van der Waals surface area contributed by atoms with E-state index in [-0.39, 0.29) is 6.10 Å². The van der Waals surface area contributed by atoms with Crippen molar-refractivity contribution in [3.63, 3.8) is 0 Å². The molecule has 0 radical (unpaired) electrons. The molecule has 0 bridgehead atoms. The van der Waals surface area contributed by atoms with E-state index in [4.69, 9.17) is 9.47 Å². The molecular weight excluding hydrogens is 254 g/mol. The Bertz CT molecular complexity index is 484. The minimum atomic E-state index is 0.110. The molecule has 2 heterocycles. The number of guanidine groups is 1. The summed E-state index contributed by atoms with van der Waals surface area (Å²) in [5.41, 5.74) is 2.63. The van der Waals surface area contributed by atoms with Gasteiger partial charge in [0.25, 0.3) is 0 Å². The first kappa shape index (κ1) is 13.4. The van der Waals surface area contributed by atoms with Gasteiger partial charge in [-0.3, -0.25) is 4.99 Å². The minimum Gasteiger partial charge on any atom is -0.376 e. The van der Waals surface area contributed by atoms with Crippen molar-refractivity contribution < 1.29 is 9.47 Å². The molecule has 2 aliphatic rings. The quantitative estimate of drug-likeness (QED) is 0.647. The third-order valence-corrected chi connectivity index (χ3v) is 3.73. The highest BCUT2D eigenvalue weighted by Crippen LogP contribution is 2.27. The number of ether oxygens (including phenoxy) is 2. The zero-order valence-corrected chi connectivity index (χ0v) is 11.8. The molecule has 0 aromatic heterocycles. The van der Waals surface area contributed by atoms with Crippen molar-refractivity contribution in [1.82, 2.24) is 5.32 Å². The van der Waals surface area contributed by atoms with Gasteiger partial charge in [0, 0.05) is 25.8 Å². The molecule has 20 heavy (non-hydrogen) atoms.